The molecule has 0 aliphatic heterocycles. The summed E-state index contributed by atoms with van der Waals surface area (Å²) in [5, 5.41) is 6.29. The summed E-state index contributed by atoms with van der Waals surface area (Å²) >= 11 is 0. The van der Waals surface area contributed by atoms with Crippen LogP contribution in [0, 0.1) is 11.8 Å². The first-order valence-electron chi connectivity index (χ1n) is 6.60. The summed E-state index contributed by atoms with van der Waals surface area (Å²) in [6, 6.07) is -0.0562. The van der Waals surface area contributed by atoms with Gasteiger partial charge in [-0.15, -0.1) is 0 Å². The van der Waals surface area contributed by atoms with E-state index in [0.717, 1.165) is 19.0 Å². The van der Waals surface area contributed by atoms with Gasteiger partial charge in [0.2, 0.25) is 5.91 Å². The van der Waals surface area contributed by atoms with E-state index in [1.54, 1.807) is 0 Å². The fraction of sp³-hybridized carbons (Fsp3) is 0.923. The largest absolute Gasteiger partial charge is 0.354 e. The Morgan fingerprint density at radius 3 is 2.44 bits per heavy atom. The van der Waals surface area contributed by atoms with Gasteiger partial charge in [0.25, 0.3) is 0 Å². The first-order chi connectivity index (χ1) is 7.59. The van der Waals surface area contributed by atoms with Crippen molar-refractivity contribution < 1.29 is 4.79 Å². The van der Waals surface area contributed by atoms with Crippen molar-refractivity contribution in [2.75, 3.05) is 13.1 Å². The molecule has 0 radical (unpaired) electrons. The Morgan fingerprint density at radius 1 is 1.25 bits per heavy atom. The summed E-state index contributed by atoms with van der Waals surface area (Å²) in [7, 11) is 0. The minimum Gasteiger partial charge on any atom is -0.354 e. The predicted octanol–water partition coefficient (Wildman–Crippen LogP) is 1.93. The van der Waals surface area contributed by atoms with Gasteiger partial charge in [-0.05, 0) is 38.1 Å². The molecular weight excluding hydrogens is 200 g/mol. The van der Waals surface area contributed by atoms with Crippen molar-refractivity contribution in [2.45, 2.75) is 52.5 Å². The lowest BCUT2D eigenvalue weighted by atomic mass is 10.1. The van der Waals surface area contributed by atoms with Crippen molar-refractivity contribution >= 4 is 5.91 Å². The van der Waals surface area contributed by atoms with E-state index >= 15 is 0 Å². The zero-order valence-corrected chi connectivity index (χ0v) is 10.9. The number of amides is 1. The smallest absolute Gasteiger partial charge is 0.236 e. The molecule has 1 amide bonds. The Labute approximate surface area is 99.4 Å². The third-order valence-corrected chi connectivity index (χ3v) is 3.27. The molecule has 0 saturated heterocycles. The van der Waals surface area contributed by atoms with Crippen LogP contribution in [0.4, 0.5) is 0 Å². The van der Waals surface area contributed by atoms with Crippen LogP contribution in [0.2, 0.25) is 0 Å². The van der Waals surface area contributed by atoms with Crippen LogP contribution in [0.15, 0.2) is 0 Å². The summed E-state index contributed by atoms with van der Waals surface area (Å²) in [5.74, 6) is 1.44. The summed E-state index contributed by atoms with van der Waals surface area (Å²) in [6.45, 7) is 7.93. The first kappa shape index (κ1) is 13.5. The van der Waals surface area contributed by atoms with Crippen LogP contribution in [0.1, 0.15) is 46.5 Å². The van der Waals surface area contributed by atoms with Gasteiger partial charge in [-0.3, -0.25) is 4.79 Å². The molecule has 1 saturated carbocycles. The SMILES string of the molecule is CC(C)CNC(=O)C(C)NCC1CCCC1. The third-order valence-electron chi connectivity index (χ3n) is 3.27. The van der Waals surface area contributed by atoms with E-state index in [2.05, 4.69) is 24.5 Å². The monoisotopic (exact) mass is 226 g/mol. The predicted molar refractivity (Wildman–Crippen MR) is 67.3 cm³/mol. The molecule has 3 nitrogen and oxygen atoms in total. The van der Waals surface area contributed by atoms with Gasteiger partial charge in [-0.25, -0.2) is 0 Å². The van der Waals surface area contributed by atoms with Crippen LogP contribution in [-0.2, 0) is 4.79 Å². The standard InChI is InChI=1S/C13H26N2O/c1-10(2)8-15-13(16)11(3)14-9-12-6-4-5-7-12/h10-12,14H,4-9H2,1-3H3,(H,15,16). The van der Waals surface area contributed by atoms with Crippen molar-refractivity contribution in [2.24, 2.45) is 11.8 Å². The summed E-state index contributed by atoms with van der Waals surface area (Å²) in [6.07, 6.45) is 5.38. The summed E-state index contributed by atoms with van der Waals surface area (Å²) in [5.41, 5.74) is 0. The minimum atomic E-state index is -0.0562. The van der Waals surface area contributed by atoms with Gasteiger partial charge >= 0.3 is 0 Å². The Bertz CT molecular complexity index is 210. The Kier molecular flexibility index (Phi) is 5.81. The van der Waals surface area contributed by atoms with Crippen LogP contribution >= 0.6 is 0 Å². The molecule has 0 aromatic heterocycles. The zero-order valence-electron chi connectivity index (χ0n) is 10.9. The van der Waals surface area contributed by atoms with E-state index in [-0.39, 0.29) is 11.9 Å². The third kappa shape index (κ3) is 4.97. The Balaban J connectivity index is 2.12. The summed E-state index contributed by atoms with van der Waals surface area (Å²) < 4.78 is 0. The molecule has 1 atom stereocenters. The molecule has 0 bridgehead atoms. The number of nitrogens with one attached hydrogen (secondary N) is 2. The van der Waals surface area contributed by atoms with Gasteiger partial charge in [0.15, 0.2) is 0 Å². The van der Waals surface area contributed by atoms with Gasteiger partial charge in [-0.1, -0.05) is 26.7 Å². The lowest BCUT2D eigenvalue weighted by Gasteiger charge is -2.17. The highest BCUT2D eigenvalue weighted by atomic mass is 16.2. The Morgan fingerprint density at radius 2 is 1.88 bits per heavy atom. The first-order valence-corrected chi connectivity index (χ1v) is 6.60. The maximum absolute atomic E-state index is 11.7. The molecule has 0 aromatic carbocycles. The molecule has 0 aromatic rings. The molecule has 1 aliphatic carbocycles. The molecule has 0 heterocycles. The second-order valence-corrected chi connectivity index (χ2v) is 5.42. The van der Waals surface area contributed by atoms with E-state index in [9.17, 15) is 4.79 Å². The molecule has 94 valence electrons. The number of carbonyl (C=O) groups is 1. The number of rotatable bonds is 6. The maximum atomic E-state index is 11.7. The number of hydrogen-bond acceptors (Lipinski definition) is 2. The minimum absolute atomic E-state index is 0.0562. The van der Waals surface area contributed by atoms with Crippen molar-refractivity contribution in [1.82, 2.24) is 10.6 Å². The van der Waals surface area contributed by atoms with Gasteiger partial charge in [0.1, 0.15) is 0 Å². The molecule has 3 heteroatoms. The lowest BCUT2D eigenvalue weighted by Crippen LogP contribution is -2.44. The van der Waals surface area contributed by atoms with Crippen LogP contribution in [0.3, 0.4) is 0 Å². The van der Waals surface area contributed by atoms with Crippen molar-refractivity contribution in [3.8, 4) is 0 Å². The summed E-state index contributed by atoms with van der Waals surface area (Å²) in [4.78, 5) is 11.7. The van der Waals surface area contributed by atoms with E-state index < -0.39 is 0 Å². The molecule has 0 spiro atoms. The average molecular weight is 226 g/mol. The maximum Gasteiger partial charge on any atom is 0.236 e. The van der Waals surface area contributed by atoms with Gasteiger partial charge in [0.05, 0.1) is 6.04 Å². The molecule has 16 heavy (non-hydrogen) atoms. The highest BCUT2D eigenvalue weighted by Crippen LogP contribution is 2.23. The fourth-order valence-corrected chi connectivity index (χ4v) is 2.11. The van der Waals surface area contributed by atoms with Gasteiger partial charge < -0.3 is 10.6 Å². The number of carbonyl (C=O) groups excluding carboxylic acids is 1. The second kappa shape index (κ2) is 6.89. The van der Waals surface area contributed by atoms with Crippen molar-refractivity contribution in [3.05, 3.63) is 0 Å². The van der Waals surface area contributed by atoms with E-state index in [1.165, 1.54) is 25.7 Å². The lowest BCUT2D eigenvalue weighted by molar-refractivity contribution is -0.122. The van der Waals surface area contributed by atoms with Gasteiger partial charge in [0, 0.05) is 6.54 Å². The van der Waals surface area contributed by atoms with Crippen molar-refractivity contribution in [1.29, 1.82) is 0 Å². The van der Waals surface area contributed by atoms with Crippen LogP contribution < -0.4 is 10.6 Å². The van der Waals surface area contributed by atoms with Crippen LogP contribution in [0.5, 0.6) is 0 Å². The van der Waals surface area contributed by atoms with E-state index in [1.807, 2.05) is 6.92 Å². The molecule has 1 fully saturated rings. The quantitative estimate of drug-likeness (QED) is 0.726. The Hall–Kier alpha value is -0.570. The van der Waals surface area contributed by atoms with Gasteiger partial charge in [-0.2, -0.15) is 0 Å². The fourth-order valence-electron chi connectivity index (χ4n) is 2.11. The highest BCUT2D eigenvalue weighted by Gasteiger charge is 2.18. The topological polar surface area (TPSA) is 41.1 Å². The molecule has 1 rings (SSSR count). The van der Waals surface area contributed by atoms with Crippen LogP contribution in [-0.4, -0.2) is 25.0 Å². The second-order valence-electron chi connectivity index (χ2n) is 5.42. The highest BCUT2D eigenvalue weighted by molar-refractivity contribution is 5.81. The average Bonchev–Trinajstić information content (AvgIpc) is 2.75. The van der Waals surface area contributed by atoms with E-state index in [4.69, 9.17) is 0 Å². The van der Waals surface area contributed by atoms with Crippen molar-refractivity contribution in [3.63, 3.8) is 0 Å². The van der Waals surface area contributed by atoms with E-state index in [0.29, 0.717) is 5.92 Å². The normalized spacial score (nSPS) is 19.0. The molecular formula is C13H26N2O. The zero-order chi connectivity index (χ0) is 12.0. The van der Waals surface area contributed by atoms with Crippen LogP contribution in [0.25, 0.3) is 0 Å². The molecule has 2 N–H and O–H groups in total. The molecule has 1 aliphatic rings. The molecule has 1 unspecified atom stereocenters. The number of hydrogen-bond donors (Lipinski definition) is 2.